The molecule has 1 fully saturated rings. The van der Waals surface area contributed by atoms with Gasteiger partial charge < -0.3 is 0 Å². The van der Waals surface area contributed by atoms with Gasteiger partial charge in [-0.05, 0) is 0 Å². The fraction of sp³-hybridized carbons (Fsp3) is 0.391. The van der Waals surface area contributed by atoms with Crippen molar-refractivity contribution in [1.29, 1.82) is 0 Å². The monoisotopic (exact) mass is 424 g/mol. The van der Waals surface area contributed by atoms with Crippen molar-refractivity contribution in [2.24, 2.45) is 16.7 Å². The molecule has 0 unspecified atom stereocenters. The zero-order valence-corrected chi connectivity index (χ0v) is 18.2. The van der Waals surface area contributed by atoms with Crippen LogP contribution in [0.15, 0.2) is 70.3 Å². The predicted octanol–water partition coefficient (Wildman–Crippen LogP) is 4.80. The van der Waals surface area contributed by atoms with E-state index in [1.54, 1.807) is 7.16 Å². The Morgan fingerprint density at radius 3 is 1.71 bits per heavy atom. The van der Waals surface area contributed by atoms with Gasteiger partial charge in [0.1, 0.15) is 0 Å². The maximum absolute atomic E-state index is 2.88. The first-order valence-electron chi connectivity index (χ1n) is 9.24. The van der Waals surface area contributed by atoms with Crippen LogP contribution in [-0.4, -0.2) is 18.4 Å². The van der Waals surface area contributed by atoms with Crippen molar-refractivity contribution in [3.63, 3.8) is 0 Å². The summed E-state index contributed by atoms with van der Waals surface area (Å²) >= 11 is -2.88. The molecular formula is C23H28Sn. The van der Waals surface area contributed by atoms with E-state index in [4.69, 9.17) is 0 Å². The van der Waals surface area contributed by atoms with Gasteiger partial charge in [-0.15, -0.1) is 0 Å². The Balaban J connectivity index is 1.95. The summed E-state index contributed by atoms with van der Waals surface area (Å²) in [5, 5.41) is 0. The molecule has 2 atom stereocenters. The van der Waals surface area contributed by atoms with Gasteiger partial charge in [0.15, 0.2) is 0 Å². The molecule has 4 rings (SSSR count). The van der Waals surface area contributed by atoms with Crippen molar-refractivity contribution in [3.05, 3.63) is 70.3 Å². The molecular weight excluding hydrogens is 395 g/mol. The van der Waals surface area contributed by atoms with Crippen LogP contribution in [-0.2, 0) is 0 Å². The molecule has 124 valence electrons. The molecule has 2 aliphatic rings. The van der Waals surface area contributed by atoms with Crippen LogP contribution in [0.5, 0.6) is 0 Å². The number of fused-ring (bicyclic) bond motifs is 2. The van der Waals surface area contributed by atoms with E-state index in [-0.39, 0.29) is 0 Å². The van der Waals surface area contributed by atoms with E-state index in [1.165, 1.54) is 12.8 Å². The molecule has 0 heterocycles. The molecule has 0 aliphatic heterocycles. The second-order valence-electron chi connectivity index (χ2n) is 8.64. The SMILES string of the molecule is CC1(C)[C@H]2C=[C]([Sn]([CH3])([c]3ccccc3)[c]3ccccc3)[C@]1(C)CC2. The Hall–Kier alpha value is -1.02. The average molecular weight is 423 g/mol. The summed E-state index contributed by atoms with van der Waals surface area (Å²) in [4.78, 5) is 2.65. The summed E-state index contributed by atoms with van der Waals surface area (Å²) < 4.78 is 5.08. The molecule has 2 aliphatic carbocycles. The Morgan fingerprint density at radius 2 is 1.33 bits per heavy atom. The van der Waals surface area contributed by atoms with E-state index in [0.29, 0.717) is 10.8 Å². The second kappa shape index (κ2) is 5.49. The van der Waals surface area contributed by atoms with Gasteiger partial charge in [-0.1, -0.05) is 0 Å². The minimum atomic E-state index is -2.88. The van der Waals surface area contributed by atoms with Crippen molar-refractivity contribution < 1.29 is 0 Å². The van der Waals surface area contributed by atoms with E-state index in [1.807, 2.05) is 3.59 Å². The topological polar surface area (TPSA) is 0 Å². The van der Waals surface area contributed by atoms with E-state index in [9.17, 15) is 0 Å². The molecule has 1 heteroatoms. The summed E-state index contributed by atoms with van der Waals surface area (Å²) in [5.41, 5.74) is 0.776. The van der Waals surface area contributed by atoms with Crippen LogP contribution in [0.3, 0.4) is 0 Å². The summed E-state index contributed by atoms with van der Waals surface area (Å²) in [6.07, 6.45) is 5.46. The predicted molar refractivity (Wildman–Crippen MR) is 106 cm³/mol. The number of hydrogen-bond acceptors (Lipinski definition) is 0. The standard InChI is InChI=1S/C10H15.2C6H5.CH3.Sn/c1-9(2)8-4-6-10(9,3)7-5-8;2*1-2-4-6-5-3-1;;/h4,8H,5,7H2,1-3H3;2*1-5H;1H3;/t8-,10+;;;;/m0..../s1. The minimum absolute atomic E-state index is 0.369. The van der Waals surface area contributed by atoms with Crippen molar-refractivity contribution >= 4 is 25.5 Å². The normalized spacial score (nSPS) is 28.0. The van der Waals surface area contributed by atoms with Crippen LogP contribution in [0.4, 0.5) is 0 Å². The van der Waals surface area contributed by atoms with Crippen LogP contribution in [0, 0.1) is 16.7 Å². The summed E-state index contributed by atoms with van der Waals surface area (Å²) in [5.74, 6) is 0.765. The van der Waals surface area contributed by atoms with Gasteiger partial charge >= 0.3 is 151 Å². The van der Waals surface area contributed by atoms with Crippen molar-refractivity contribution in [3.8, 4) is 0 Å². The first kappa shape index (κ1) is 16.4. The number of hydrogen-bond donors (Lipinski definition) is 0. The molecule has 0 radical (unpaired) electrons. The molecule has 0 spiro atoms. The van der Waals surface area contributed by atoms with Gasteiger partial charge in [-0.25, -0.2) is 0 Å². The summed E-state index contributed by atoms with van der Waals surface area (Å²) in [7, 11) is 0. The third-order valence-corrected chi connectivity index (χ3v) is 21.1. The number of benzene rings is 2. The van der Waals surface area contributed by atoms with E-state index in [0.717, 1.165) is 5.92 Å². The quantitative estimate of drug-likeness (QED) is 0.623. The Labute approximate surface area is 150 Å². The first-order valence-corrected chi connectivity index (χ1v) is 16.4. The summed E-state index contributed by atoms with van der Waals surface area (Å²) in [6.45, 7) is 7.58. The molecule has 2 aromatic rings. The third-order valence-electron chi connectivity index (χ3n) is 7.51. The average Bonchev–Trinajstić information content (AvgIpc) is 2.96. The van der Waals surface area contributed by atoms with Crippen molar-refractivity contribution in [1.82, 2.24) is 0 Å². The fourth-order valence-corrected chi connectivity index (χ4v) is 19.0. The molecule has 2 bridgehead atoms. The fourth-order valence-electron chi connectivity index (χ4n) is 5.43. The van der Waals surface area contributed by atoms with Crippen LogP contribution >= 0.6 is 0 Å². The van der Waals surface area contributed by atoms with Crippen molar-refractivity contribution in [2.75, 3.05) is 0 Å². The van der Waals surface area contributed by atoms with Crippen molar-refractivity contribution in [2.45, 2.75) is 38.6 Å². The number of rotatable bonds is 3. The molecule has 24 heavy (non-hydrogen) atoms. The first-order chi connectivity index (χ1) is 11.4. The van der Waals surface area contributed by atoms with Crippen LogP contribution in [0.2, 0.25) is 4.94 Å². The molecule has 2 aromatic carbocycles. The molecule has 0 saturated heterocycles. The zero-order valence-electron chi connectivity index (χ0n) is 15.3. The van der Waals surface area contributed by atoms with E-state index in [2.05, 4.69) is 92.5 Å². The van der Waals surface area contributed by atoms with Gasteiger partial charge in [0.2, 0.25) is 0 Å². The van der Waals surface area contributed by atoms with Crippen LogP contribution in [0.1, 0.15) is 33.6 Å². The van der Waals surface area contributed by atoms with Gasteiger partial charge in [0, 0.05) is 0 Å². The molecule has 0 nitrogen and oxygen atoms in total. The molecule has 0 aromatic heterocycles. The van der Waals surface area contributed by atoms with Crippen LogP contribution in [0.25, 0.3) is 0 Å². The maximum atomic E-state index is 2.72. The van der Waals surface area contributed by atoms with Gasteiger partial charge in [-0.2, -0.15) is 0 Å². The summed E-state index contributed by atoms with van der Waals surface area (Å²) in [6, 6.07) is 22.8. The molecule has 0 N–H and O–H groups in total. The number of allylic oxidation sites excluding steroid dienone is 2. The van der Waals surface area contributed by atoms with Crippen LogP contribution < -0.4 is 7.16 Å². The Morgan fingerprint density at radius 1 is 0.833 bits per heavy atom. The second-order valence-corrected chi connectivity index (χ2v) is 19.9. The van der Waals surface area contributed by atoms with Gasteiger partial charge in [-0.3, -0.25) is 0 Å². The van der Waals surface area contributed by atoms with Gasteiger partial charge in [0.05, 0.1) is 0 Å². The molecule has 1 saturated carbocycles. The Bertz CT molecular complexity index is 733. The third kappa shape index (κ3) is 2.05. The molecule has 0 amide bonds. The van der Waals surface area contributed by atoms with Gasteiger partial charge in [0.25, 0.3) is 0 Å². The zero-order chi connectivity index (χ0) is 17.0. The van der Waals surface area contributed by atoms with E-state index >= 15 is 0 Å². The Kier molecular flexibility index (Phi) is 3.76. The van der Waals surface area contributed by atoms with E-state index < -0.39 is 18.4 Å².